The quantitative estimate of drug-likeness (QED) is 0.0222. The van der Waals surface area contributed by atoms with E-state index in [0.717, 1.165) is 108 Å². The molecule has 6 atom stereocenters. The molecule has 0 fully saturated rings. The first-order valence-corrected chi connectivity index (χ1v) is 39.9. The Labute approximate surface area is 549 Å². The van der Waals surface area contributed by atoms with Crippen LogP contribution in [-0.2, 0) is 65.4 Å². The first kappa shape index (κ1) is 88.1. The van der Waals surface area contributed by atoms with Gasteiger partial charge >= 0.3 is 39.5 Å². The van der Waals surface area contributed by atoms with Crippen LogP contribution < -0.4 is 0 Å². The van der Waals surface area contributed by atoms with Gasteiger partial charge in [-0.15, -0.1) is 0 Å². The van der Waals surface area contributed by atoms with Gasteiger partial charge in [-0.05, 0) is 43.4 Å². The van der Waals surface area contributed by atoms with Crippen molar-refractivity contribution in [1.82, 2.24) is 0 Å². The fourth-order valence-electron chi connectivity index (χ4n) is 10.7. The molecule has 17 nitrogen and oxygen atoms in total. The highest BCUT2D eigenvalue weighted by molar-refractivity contribution is 7.47. The maximum absolute atomic E-state index is 13.0. The summed E-state index contributed by atoms with van der Waals surface area (Å²) in [5.41, 5.74) is 0. The lowest BCUT2D eigenvalue weighted by Crippen LogP contribution is -2.30. The molecule has 3 unspecified atom stereocenters. The summed E-state index contributed by atoms with van der Waals surface area (Å²) in [6, 6.07) is 0. The third-order valence-electron chi connectivity index (χ3n) is 16.7. The Morgan fingerprint density at radius 3 is 0.844 bits per heavy atom. The molecule has 0 aromatic heterocycles. The number of unbranched alkanes of at least 4 members (excludes halogenated alkanes) is 36. The predicted octanol–water partition coefficient (Wildman–Crippen LogP) is 20.2. The molecule has 0 spiro atoms. The van der Waals surface area contributed by atoms with Crippen LogP contribution >= 0.6 is 15.6 Å². The second-order valence-corrected chi connectivity index (χ2v) is 29.7. The zero-order valence-corrected chi connectivity index (χ0v) is 60.4. The summed E-state index contributed by atoms with van der Waals surface area (Å²) in [5, 5.41) is 10.6. The van der Waals surface area contributed by atoms with Crippen LogP contribution in [-0.4, -0.2) is 96.7 Å². The Kier molecular flexibility index (Phi) is 60.6. The highest BCUT2D eigenvalue weighted by atomic mass is 31.2. The van der Waals surface area contributed by atoms with E-state index in [0.29, 0.717) is 25.7 Å². The molecule has 0 aliphatic rings. The SMILES string of the molecule is CCCCCCCCCCCCCC(=O)OC[C@H](COP(=O)(O)OC[C@H](O)COP(=O)(O)OC[C@@H](COC(=O)CCCCCCCCCCCCC(C)C)OC(=O)CCCCCCCCCCCCCC(C)C)OC(=O)CCCCCCCCCCC(C)CC. The fraction of sp³-hybridized carbons (Fsp3) is 0.944. The number of esters is 4. The number of hydrogen-bond donors (Lipinski definition) is 3. The topological polar surface area (TPSA) is 237 Å². The van der Waals surface area contributed by atoms with Gasteiger partial charge in [0.25, 0.3) is 0 Å². The molecule has 0 aromatic carbocycles. The van der Waals surface area contributed by atoms with E-state index in [1.807, 2.05) is 0 Å². The summed E-state index contributed by atoms with van der Waals surface area (Å²) >= 11 is 0. The molecule has 19 heteroatoms. The van der Waals surface area contributed by atoms with Gasteiger partial charge in [-0.3, -0.25) is 37.3 Å². The number of carbonyl (C=O) groups excluding carboxylic acids is 4. The van der Waals surface area contributed by atoms with Crippen molar-refractivity contribution in [3.05, 3.63) is 0 Å². The Bertz CT molecular complexity index is 1770. The lowest BCUT2D eigenvalue weighted by atomic mass is 9.99. The Morgan fingerprint density at radius 2 is 0.567 bits per heavy atom. The van der Waals surface area contributed by atoms with Crippen LogP contribution in [0.25, 0.3) is 0 Å². The van der Waals surface area contributed by atoms with Crippen molar-refractivity contribution in [2.24, 2.45) is 17.8 Å². The molecule has 90 heavy (non-hydrogen) atoms. The number of hydrogen-bond acceptors (Lipinski definition) is 15. The number of phosphoric acid groups is 2. The summed E-state index contributed by atoms with van der Waals surface area (Å²) in [6.45, 7) is 11.8. The van der Waals surface area contributed by atoms with Gasteiger partial charge in [0.05, 0.1) is 26.4 Å². The molecule has 0 aromatic rings. The number of phosphoric ester groups is 2. The van der Waals surface area contributed by atoms with Crippen LogP contribution in [0.2, 0.25) is 0 Å². The molecule has 0 heterocycles. The lowest BCUT2D eigenvalue weighted by molar-refractivity contribution is -0.161. The monoisotopic (exact) mass is 1320 g/mol. The Morgan fingerprint density at radius 1 is 0.322 bits per heavy atom. The maximum atomic E-state index is 13.0. The van der Waals surface area contributed by atoms with Crippen LogP contribution in [0.15, 0.2) is 0 Å². The zero-order chi connectivity index (χ0) is 66.6. The fourth-order valence-corrected chi connectivity index (χ4v) is 12.3. The van der Waals surface area contributed by atoms with E-state index in [2.05, 4.69) is 48.5 Å². The largest absolute Gasteiger partial charge is 0.472 e. The van der Waals surface area contributed by atoms with Crippen LogP contribution in [0.3, 0.4) is 0 Å². The molecular formula is C71H138O17P2. The second kappa shape index (κ2) is 61.9. The van der Waals surface area contributed by atoms with Crippen molar-refractivity contribution in [3.63, 3.8) is 0 Å². The van der Waals surface area contributed by atoms with Crippen molar-refractivity contribution in [1.29, 1.82) is 0 Å². The van der Waals surface area contributed by atoms with E-state index in [1.54, 1.807) is 0 Å². The van der Waals surface area contributed by atoms with Crippen molar-refractivity contribution in [2.45, 2.75) is 375 Å². The highest BCUT2D eigenvalue weighted by Crippen LogP contribution is 2.45. The molecule has 534 valence electrons. The summed E-state index contributed by atoms with van der Waals surface area (Å²) in [7, 11) is -9.90. The normalized spacial score (nSPS) is 14.5. The van der Waals surface area contributed by atoms with Crippen molar-refractivity contribution < 1.29 is 80.2 Å². The van der Waals surface area contributed by atoms with E-state index in [1.165, 1.54) is 167 Å². The smallest absolute Gasteiger partial charge is 0.462 e. The van der Waals surface area contributed by atoms with Gasteiger partial charge in [0.15, 0.2) is 12.2 Å². The first-order valence-electron chi connectivity index (χ1n) is 36.9. The predicted molar refractivity (Wildman–Crippen MR) is 363 cm³/mol. The molecule has 0 saturated heterocycles. The first-order chi connectivity index (χ1) is 43.3. The van der Waals surface area contributed by atoms with Crippen LogP contribution in [0, 0.1) is 17.8 Å². The summed E-state index contributed by atoms with van der Waals surface area (Å²) in [4.78, 5) is 72.6. The van der Waals surface area contributed by atoms with Gasteiger partial charge in [0.2, 0.25) is 0 Å². The van der Waals surface area contributed by atoms with E-state index >= 15 is 0 Å². The lowest BCUT2D eigenvalue weighted by Gasteiger charge is -2.21. The van der Waals surface area contributed by atoms with Crippen molar-refractivity contribution in [2.75, 3.05) is 39.6 Å². The molecule has 0 aliphatic carbocycles. The Hall–Kier alpha value is -1.94. The highest BCUT2D eigenvalue weighted by Gasteiger charge is 2.30. The number of ether oxygens (including phenoxy) is 4. The number of aliphatic hydroxyl groups is 1. The molecule has 0 bridgehead atoms. The number of aliphatic hydroxyl groups excluding tert-OH is 1. The van der Waals surface area contributed by atoms with E-state index < -0.39 is 97.5 Å². The zero-order valence-electron chi connectivity index (χ0n) is 58.6. The molecular weight excluding hydrogens is 1190 g/mol. The number of rotatable bonds is 69. The van der Waals surface area contributed by atoms with Crippen molar-refractivity contribution >= 4 is 39.5 Å². The van der Waals surface area contributed by atoms with E-state index in [9.17, 15) is 43.2 Å². The molecule has 0 saturated carbocycles. The summed E-state index contributed by atoms with van der Waals surface area (Å²) < 4.78 is 68.3. The molecule has 0 radical (unpaired) electrons. The average Bonchev–Trinajstić information content (AvgIpc) is 3.63. The minimum atomic E-state index is -4.95. The van der Waals surface area contributed by atoms with Crippen molar-refractivity contribution in [3.8, 4) is 0 Å². The molecule has 3 N–H and O–H groups in total. The molecule has 0 rings (SSSR count). The third-order valence-corrected chi connectivity index (χ3v) is 18.6. The van der Waals surface area contributed by atoms with Gasteiger partial charge in [0, 0.05) is 25.7 Å². The molecule has 0 aliphatic heterocycles. The van der Waals surface area contributed by atoms with Crippen LogP contribution in [0.5, 0.6) is 0 Å². The van der Waals surface area contributed by atoms with Gasteiger partial charge in [-0.2, -0.15) is 0 Å². The standard InChI is InChI=1S/C71H138O17P2/c1-8-10-11-12-13-14-16-23-31-38-45-52-68(73)81-59-67(88-71(76)55-48-41-34-27-26-30-37-44-51-64(7)9-2)61-86-90(79,80)84-57-65(72)56-83-89(77,78)85-60-66(58-82-69(74)53-46-39-32-24-20-19-22-29-36-43-50-63(5)6)87-70(75)54-47-40-33-25-18-15-17-21-28-35-42-49-62(3)4/h62-67,72H,8-61H2,1-7H3,(H,77,78)(H,79,80)/t64?,65-,66-,67-/m1/s1. The van der Waals surface area contributed by atoms with Gasteiger partial charge in [0.1, 0.15) is 19.3 Å². The van der Waals surface area contributed by atoms with E-state index in [-0.39, 0.29) is 25.7 Å². The van der Waals surface area contributed by atoms with Gasteiger partial charge < -0.3 is 33.8 Å². The minimum Gasteiger partial charge on any atom is -0.462 e. The number of carbonyl (C=O) groups is 4. The van der Waals surface area contributed by atoms with Gasteiger partial charge in [-0.1, -0.05) is 305 Å². The average molecular weight is 1330 g/mol. The molecule has 0 amide bonds. The second-order valence-electron chi connectivity index (χ2n) is 26.8. The summed E-state index contributed by atoms with van der Waals surface area (Å²) in [5.74, 6) is 0.168. The minimum absolute atomic E-state index is 0.105. The maximum Gasteiger partial charge on any atom is 0.472 e. The third kappa shape index (κ3) is 63.5. The van der Waals surface area contributed by atoms with Crippen LogP contribution in [0.4, 0.5) is 0 Å². The Balaban J connectivity index is 5.27. The van der Waals surface area contributed by atoms with E-state index in [4.69, 9.17) is 37.0 Å². The van der Waals surface area contributed by atoms with Crippen LogP contribution in [0.1, 0.15) is 357 Å². The summed E-state index contributed by atoms with van der Waals surface area (Å²) in [6.07, 6.45) is 45.6. The van der Waals surface area contributed by atoms with Gasteiger partial charge in [-0.25, -0.2) is 9.13 Å².